The largest absolute Gasteiger partial charge is 0.481 e. The van der Waals surface area contributed by atoms with Crippen molar-refractivity contribution in [1.82, 2.24) is 10.2 Å². The normalized spacial score (nSPS) is 24.9. The number of nitrogens with zero attached hydrogens (tertiary/aromatic N) is 3. The van der Waals surface area contributed by atoms with Crippen molar-refractivity contribution in [1.29, 1.82) is 0 Å². The maximum Gasteiger partial charge on any atom is 0.311 e. The maximum atomic E-state index is 11.5. The van der Waals surface area contributed by atoms with Crippen LogP contribution in [0.2, 0.25) is 0 Å². The first-order valence-corrected chi connectivity index (χ1v) is 6.80. The predicted octanol–water partition coefficient (Wildman–Crippen LogP) is 2.01. The number of piperidine rings is 1. The van der Waals surface area contributed by atoms with E-state index < -0.39 is 11.4 Å². The van der Waals surface area contributed by atoms with Gasteiger partial charge in [0.05, 0.1) is 5.41 Å². The van der Waals surface area contributed by atoms with Gasteiger partial charge in [0.1, 0.15) is 5.51 Å². The molecular formula is C11H17N3O2S. The molecule has 0 radical (unpaired) electrons. The Kier molecular flexibility index (Phi) is 3.61. The molecule has 5 nitrogen and oxygen atoms in total. The van der Waals surface area contributed by atoms with Gasteiger partial charge in [0.2, 0.25) is 5.13 Å². The fraction of sp³-hybridized carbons (Fsp3) is 0.727. The number of hydrogen-bond acceptors (Lipinski definition) is 5. The number of carboxylic acid groups (broad SMARTS) is 1. The molecule has 1 unspecified atom stereocenters. The summed E-state index contributed by atoms with van der Waals surface area (Å²) in [5.74, 6) is -0.673. The highest BCUT2D eigenvalue weighted by molar-refractivity contribution is 7.13. The first-order valence-electron chi connectivity index (χ1n) is 5.92. The fourth-order valence-corrected chi connectivity index (χ4v) is 3.15. The van der Waals surface area contributed by atoms with E-state index in [2.05, 4.69) is 15.1 Å². The van der Waals surface area contributed by atoms with E-state index in [-0.39, 0.29) is 0 Å². The molecule has 1 aliphatic heterocycles. The van der Waals surface area contributed by atoms with Crippen LogP contribution < -0.4 is 4.90 Å². The monoisotopic (exact) mass is 255 g/mol. The molecular weight excluding hydrogens is 238 g/mol. The van der Waals surface area contributed by atoms with Gasteiger partial charge in [0.25, 0.3) is 0 Å². The SMILES string of the molecule is CCCC1(C(=O)O)CCCN(c2nncs2)C1. The van der Waals surface area contributed by atoms with E-state index in [4.69, 9.17) is 0 Å². The van der Waals surface area contributed by atoms with Gasteiger partial charge < -0.3 is 10.0 Å². The van der Waals surface area contributed by atoms with Gasteiger partial charge in [0, 0.05) is 13.1 Å². The zero-order valence-corrected chi connectivity index (χ0v) is 10.7. The lowest BCUT2D eigenvalue weighted by atomic mass is 9.76. The standard InChI is InChI=1S/C11H17N3O2S/c1-2-4-11(9(15)16)5-3-6-14(7-11)10-13-12-8-17-10/h8H,2-7H2,1H3,(H,15,16). The molecule has 1 fully saturated rings. The van der Waals surface area contributed by atoms with Crippen molar-refractivity contribution in [2.24, 2.45) is 5.41 Å². The maximum absolute atomic E-state index is 11.5. The third-order valence-corrected chi connectivity index (χ3v) is 4.13. The molecule has 2 heterocycles. The Morgan fingerprint density at radius 1 is 1.71 bits per heavy atom. The summed E-state index contributed by atoms with van der Waals surface area (Å²) < 4.78 is 0. The summed E-state index contributed by atoms with van der Waals surface area (Å²) >= 11 is 1.47. The van der Waals surface area contributed by atoms with Gasteiger partial charge in [-0.15, -0.1) is 10.2 Å². The van der Waals surface area contributed by atoms with Crippen LogP contribution in [0.4, 0.5) is 5.13 Å². The summed E-state index contributed by atoms with van der Waals surface area (Å²) in [6, 6.07) is 0. The Labute approximate surface area is 104 Å². The lowest BCUT2D eigenvalue weighted by Crippen LogP contribution is -2.48. The van der Waals surface area contributed by atoms with Crippen LogP contribution in [0.3, 0.4) is 0 Å². The Bertz CT molecular complexity index is 378. The molecule has 0 bridgehead atoms. The van der Waals surface area contributed by atoms with Crippen LogP contribution in [0.15, 0.2) is 5.51 Å². The first-order chi connectivity index (χ1) is 8.18. The molecule has 1 atom stereocenters. The van der Waals surface area contributed by atoms with Crippen LogP contribution in [0, 0.1) is 5.41 Å². The number of aromatic nitrogens is 2. The third kappa shape index (κ3) is 2.41. The molecule has 0 aromatic carbocycles. The molecule has 1 aromatic rings. The number of rotatable bonds is 4. The second-order valence-electron chi connectivity index (χ2n) is 4.58. The number of hydrogen-bond donors (Lipinski definition) is 1. The average Bonchev–Trinajstić information content (AvgIpc) is 2.83. The molecule has 1 saturated heterocycles. The van der Waals surface area contributed by atoms with E-state index >= 15 is 0 Å². The molecule has 0 saturated carbocycles. The highest BCUT2D eigenvalue weighted by Crippen LogP contribution is 2.37. The Morgan fingerprint density at radius 2 is 2.53 bits per heavy atom. The van der Waals surface area contributed by atoms with E-state index in [0.717, 1.165) is 37.4 Å². The summed E-state index contributed by atoms with van der Waals surface area (Å²) in [5.41, 5.74) is 1.09. The molecule has 1 aromatic heterocycles. The van der Waals surface area contributed by atoms with Crippen LogP contribution in [-0.4, -0.2) is 34.4 Å². The Morgan fingerprint density at radius 3 is 3.12 bits per heavy atom. The van der Waals surface area contributed by atoms with Crippen molar-refractivity contribution >= 4 is 22.4 Å². The van der Waals surface area contributed by atoms with Crippen LogP contribution in [0.5, 0.6) is 0 Å². The summed E-state index contributed by atoms with van der Waals surface area (Å²) in [4.78, 5) is 13.6. The van der Waals surface area contributed by atoms with Gasteiger partial charge in [-0.25, -0.2) is 0 Å². The van der Waals surface area contributed by atoms with Crippen LogP contribution in [0.1, 0.15) is 32.6 Å². The van der Waals surface area contributed by atoms with E-state index in [0.29, 0.717) is 6.54 Å². The lowest BCUT2D eigenvalue weighted by Gasteiger charge is -2.39. The second kappa shape index (κ2) is 5.00. The van der Waals surface area contributed by atoms with Gasteiger partial charge in [-0.1, -0.05) is 24.7 Å². The average molecular weight is 255 g/mol. The van der Waals surface area contributed by atoms with Crippen molar-refractivity contribution in [2.45, 2.75) is 32.6 Å². The zero-order chi connectivity index (χ0) is 12.3. The van der Waals surface area contributed by atoms with Crippen LogP contribution in [-0.2, 0) is 4.79 Å². The van der Waals surface area contributed by atoms with Crippen molar-refractivity contribution in [2.75, 3.05) is 18.0 Å². The Balaban J connectivity index is 2.17. The summed E-state index contributed by atoms with van der Waals surface area (Å²) in [6.07, 6.45) is 3.31. The van der Waals surface area contributed by atoms with Gasteiger partial charge in [-0.3, -0.25) is 4.79 Å². The minimum absolute atomic E-state index is 0.561. The molecule has 2 rings (SSSR count). The number of aliphatic carboxylic acids is 1. The molecule has 0 aliphatic carbocycles. The quantitative estimate of drug-likeness (QED) is 0.891. The third-order valence-electron chi connectivity index (χ3n) is 3.38. The van der Waals surface area contributed by atoms with E-state index in [9.17, 15) is 9.90 Å². The minimum atomic E-state index is -0.673. The summed E-state index contributed by atoms with van der Waals surface area (Å²) in [6.45, 7) is 3.48. The van der Waals surface area contributed by atoms with E-state index in [1.165, 1.54) is 11.3 Å². The van der Waals surface area contributed by atoms with Crippen molar-refractivity contribution in [3.05, 3.63) is 5.51 Å². The van der Waals surface area contributed by atoms with Gasteiger partial charge in [-0.2, -0.15) is 0 Å². The molecule has 0 amide bonds. The van der Waals surface area contributed by atoms with E-state index in [1.54, 1.807) is 5.51 Å². The summed E-state index contributed by atoms with van der Waals surface area (Å²) in [7, 11) is 0. The van der Waals surface area contributed by atoms with Gasteiger partial charge >= 0.3 is 5.97 Å². The molecule has 6 heteroatoms. The first kappa shape index (κ1) is 12.3. The molecule has 17 heavy (non-hydrogen) atoms. The van der Waals surface area contributed by atoms with Crippen LogP contribution in [0.25, 0.3) is 0 Å². The van der Waals surface area contributed by atoms with Gasteiger partial charge in [0.15, 0.2) is 0 Å². The minimum Gasteiger partial charge on any atom is -0.481 e. The van der Waals surface area contributed by atoms with Crippen molar-refractivity contribution < 1.29 is 9.90 Å². The number of carbonyl (C=O) groups is 1. The van der Waals surface area contributed by atoms with Gasteiger partial charge in [-0.05, 0) is 19.3 Å². The topological polar surface area (TPSA) is 66.3 Å². The second-order valence-corrected chi connectivity index (χ2v) is 5.39. The van der Waals surface area contributed by atoms with Crippen molar-refractivity contribution in [3.8, 4) is 0 Å². The Hall–Kier alpha value is -1.17. The lowest BCUT2D eigenvalue weighted by molar-refractivity contribution is -0.150. The predicted molar refractivity (Wildman–Crippen MR) is 66.3 cm³/mol. The number of carboxylic acids is 1. The van der Waals surface area contributed by atoms with Crippen LogP contribution >= 0.6 is 11.3 Å². The summed E-state index contributed by atoms with van der Waals surface area (Å²) in [5, 5.41) is 18.2. The number of anilines is 1. The highest BCUT2D eigenvalue weighted by Gasteiger charge is 2.42. The molecule has 94 valence electrons. The molecule has 0 spiro atoms. The smallest absolute Gasteiger partial charge is 0.311 e. The van der Waals surface area contributed by atoms with E-state index in [1.807, 2.05) is 6.92 Å². The zero-order valence-electron chi connectivity index (χ0n) is 9.93. The van der Waals surface area contributed by atoms with Crippen molar-refractivity contribution in [3.63, 3.8) is 0 Å². The fourth-order valence-electron chi connectivity index (χ4n) is 2.56. The molecule has 1 N–H and O–H groups in total. The highest BCUT2D eigenvalue weighted by atomic mass is 32.1. The molecule has 1 aliphatic rings.